The van der Waals surface area contributed by atoms with Crippen molar-refractivity contribution < 1.29 is 18.7 Å². The van der Waals surface area contributed by atoms with Crippen molar-refractivity contribution >= 4 is 23.1 Å². The van der Waals surface area contributed by atoms with Gasteiger partial charge in [-0.25, -0.2) is 4.39 Å². The zero-order valence-electron chi connectivity index (χ0n) is 16.7. The molecule has 0 saturated carbocycles. The summed E-state index contributed by atoms with van der Waals surface area (Å²) in [7, 11) is 0. The quantitative estimate of drug-likeness (QED) is 0.616. The standard InChI is InChI=1S/C23H27FN2O3/c1-2-15-29-19-8-5-17(6-9-19)22(27)11-12-23(28)25-18-7-10-21(20(24)16-18)26-13-3-4-14-26/h5-10,16H,2-4,11-15H2,1H3,(H,25,28). The average molecular weight is 398 g/mol. The molecule has 0 aliphatic carbocycles. The number of carbonyl (C=O) groups excluding carboxylic acids is 2. The predicted octanol–water partition coefficient (Wildman–Crippen LogP) is 4.82. The van der Waals surface area contributed by atoms with Gasteiger partial charge >= 0.3 is 0 Å². The van der Waals surface area contributed by atoms with Gasteiger partial charge in [0.25, 0.3) is 0 Å². The van der Waals surface area contributed by atoms with E-state index >= 15 is 0 Å². The van der Waals surface area contributed by atoms with Crippen molar-refractivity contribution in [2.45, 2.75) is 39.0 Å². The lowest BCUT2D eigenvalue weighted by atomic mass is 10.1. The number of ether oxygens (including phenoxy) is 1. The Kier molecular flexibility index (Phi) is 7.22. The van der Waals surface area contributed by atoms with Gasteiger partial charge in [0.2, 0.25) is 5.91 Å². The van der Waals surface area contributed by atoms with Crippen LogP contribution in [0.2, 0.25) is 0 Å². The summed E-state index contributed by atoms with van der Waals surface area (Å²) in [5.41, 5.74) is 1.52. The third kappa shape index (κ3) is 5.79. The first-order chi connectivity index (χ1) is 14.1. The van der Waals surface area contributed by atoms with Crippen LogP contribution in [0.5, 0.6) is 5.75 Å². The molecule has 0 spiro atoms. The van der Waals surface area contributed by atoms with E-state index in [4.69, 9.17) is 4.74 Å². The molecule has 1 aliphatic rings. The van der Waals surface area contributed by atoms with Crippen molar-refractivity contribution in [1.82, 2.24) is 0 Å². The van der Waals surface area contributed by atoms with Crippen molar-refractivity contribution in [1.29, 1.82) is 0 Å². The summed E-state index contributed by atoms with van der Waals surface area (Å²) < 4.78 is 19.8. The third-order valence-corrected chi connectivity index (χ3v) is 4.91. The van der Waals surface area contributed by atoms with Crippen molar-refractivity contribution in [2.24, 2.45) is 0 Å². The molecule has 0 atom stereocenters. The van der Waals surface area contributed by atoms with E-state index in [1.54, 1.807) is 36.4 Å². The molecule has 6 heteroatoms. The molecule has 1 heterocycles. The molecule has 5 nitrogen and oxygen atoms in total. The van der Waals surface area contributed by atoms with Crippen molar-refractivity contribution in [3.05, 3.63) is 53.8 Å². The van der Waals surface area contributed by atoms with Crippen molar-refractivity contribution in [3.8, 4) is 5.75 Å². The zero-order chi connectivity index (χ0) is 20.6. The van der Waals surface area contributed by atoms with Gasteiger partial charge in [-0.15, -0.1) is 0 Å². The highest BCUT2D eigenvalue weighted by molar-refractivity contribution is 6.00. The highest BCUT2D eigenvalue weighted by atomic mass is 19.1. The van der Waals surface area contributed by atoms with E-state index < -0.39 is 0 Å². The van der Waals surface area contributed by atoms with Crippen molar-refractivity contribution in [2.75, 3.05) is 29.9 Å². The monoisotopic (exact) mass is 398 g/mol. The Labute approximate surface area is 170 Å². The maximum absolute atomic E-state index is 14.3. The van der Waals surface area contributed by atoms with Gasteiger partial charge in [-0.3, -0.25) is 9.59 Å². The first kappa shape index (κ1) is 20.8. The maximum atomic E-state index is 14.3. The van der Waals surface area contributed by atoms with E-state index in [0.717, 1.165) is 38.1 Å². The van der Waals surface area contributed by atoms with Crippen LogP contribution >= 0.6 is 0 Å². The van der Waals surface area contributed by atoms with Gasteiger partial charge in [0, 0.05) is 37.2 Å². The largest absolute Gasteiger partial charge is 0.494 e. The fourth-order valence-corrected chi connectivity index (χ4v) is 3.35. The summed E-state index contributed by atoms with van der Waals surface area (Å²) in [6.07, 6.45) is 3.19. The van der Waals surface area contributed by atoms with E-state index in [-0.39, 0.29) is 30.3 Å². The number of hydrogen-bond donors (Lipinski definition) is 1. The average Bonchev–Trinajstić information content (AvgIpc) is 3.25. The second-order valence-electron chi connectivity index (χ2n) is 7.20. The van der Waals surface area contributed by atoms with Gasteiger partial charge in [-0.2, -0.15) is 0 Å². The van der Waals surface area contributed by atoms with Gasteiger partial charge in [0.15, 0.2) is 5.78 Å². The van der Waals surface area contributed by atoms with E-state index in [1.165, 1.54) is 6.07 Å². The second kappa shape index (κ2) is 10.0. The van der Waals surface area contributed by atoms with Crippen LogP contribution in [0, 0.1) is 5.82 Å². The fraction of sp³-hybridized carbons (Fsp3) is 0.391. The summed E-state index contributed by atoms with van der Waals surface area (Å²) >= 11 is 0. The number of carbonyl (C=O) groups is 2. The van der Waals surface area contributed by atoms with Crippen LogP contribution in [-0.4, -0.2) is 31.4 Å². The molecule has 0 radical (unpaired) electrons. The molecule has 2 aromatic rings. The molecule has 1 N–H and O–H groups in total. The second-order valence-corrected chi connectivity index (χ2v) is 7.20. The minimum absolute atomic E-state index is 0.0441. The first-order valence-corrected chi connectivity index (χ1v) is 10.2. The number of nitrogens with zero attached hydrogens (tertiary/aromatic N) is 1. The molecular formula is C23H27FN2O3. The Hall–Kier alpha value is -2.89. The van der Waals surface area contributed by atoms with Gasteiger partial charge in [-0.05, 0) is 61.7 Å². The SMILES string of the molecule is CCCOc1ccc(C(=O)CCC(=O)Nc2ccc(N3CCCC3)c(F)c2)cc1. The van der Waals surface area contributed by atoms with Crippen LogP contribution in [-0.2, 0) is 4.79 Å². The van der Waals surface area contributed by atoms with Crippen LogP contribution in [0.3, 0.4) is 0 Å². The minimum atomic E-state index is -0.342. The minimum Gasteiger partial charge on any atom is -0.494 e. The summed E-state index contributed by atoms with van der Waals surface area (Å²) in [6, 6.07) is 11.7. The lowest BCUT2D eigenvalue weighted by molar-refractivity contribution is -0.116. The molecule has 2 aromatic carbocycles. The number of halogens is 1. The lowest BCUT2D eigenvalue weighted by Gasteiger charge is -2.18. The maximum Gasteiger partial charge on any atom is 0.224 e. The van der Waals surface area contributed by atoms with Gasteiger partial charge < -0.3 is 15.0 Å². The zero-order valence-corrected chi connectivity index (χ0v) is 16.7. The van der Waals surface area contributed by atoms with Crippen molar-refractivity contribution in [3.63, 3.8) is 0 Å². The molecule has 1 saturated heterocycles. The van der Waals surface area contributed by atoms with E-state index in [1.807, 2.05) is 11.8 Å². The molecule has 1 aliphatic heterocycles. The number of ketones is 1. The number of nitrogens with one attached hydrogen (secondary N) is 1. The molecule has 3 rings (SSSR count). The summed E-state index contributed by atoms with van der Waals surface area (Å²) in [6.45, 7) is 4.37. The Bertz CT molecular complexity index is 846. The Morgan fingerprint density at radius 2 is 1.79 bits per heavy atom. The fourth-order valence-electron chi connectivity index (χ4n) is 3.35. The third-order valence-electron chi connectivity index (χ3n) is 4.91. The van der Waals surface area contributed by atoms with Crippen LogP contribution in [0.1, 0.15) is 49.4 Å². The number of rotatable bonds is 9. The van der Waals surface area contributed by atoms with E-state index in [9.17, 15) is 14.0 Å². The van der Waals surface area contributed by atoms with E-state index in [0.29, 0.717) is 23.5 Å². The first-order valence-electron chi connectivity index (χ1n) is 10.2. The Morgan fingerprint density at radius 3 is 2.45 bits per heavy atom. The highest BCUT2D eigenvalue weighted by Crippen LogP contribution is 2.26. The Morgan fingerprint density at radius 1 is 1.07 bits per heavy atom. The van der Waals surface area contributed by atoms with Crippen LogP contribution in [0.15, 0.2) is 42.5 Å². The highest BCUT2D eigenvalue weighted by Gasteiger charge is 2.17. The summed E-state index contributed by atoms with van der Waals surface area (Å²) in [5.74, 6) is -0.0426. The van der Waals surface area contributed by atoms with Gasteiger partial charge in [-0.1, -0.05) is 6.92 Å². The molecule has 0 bridgehead atoms. The number of benzene rings is 2. The van der Waals surface area contributed by atoms with Crippen LogP contribution in [0.25, 0.3) is 0 Å². The van der Waals surface area contributed by atoms with Gasteiger partial charge in [0.1, 0.15) is 11.6 Å². The molecule has 0 aromatic heterocycles. The predicted molar refractivity (Wildman–Crippen MR) is 112 cm³/mol. The smallest absolute Gasteiger partial charge is 0.224 e. The van der Waals surface area contributed by atoms with Crippen LogP contribution in [0.4, 0.5) is 15.8 Å². The molecule has 1 amide bonds. The summed E-state index contributed by atoms with van der Waals surface area (Å²) in [5, 5.41) is 2.67. The Balaban J connectivity index is 1.49. The number of anilines is 2. The molecular weight excluding hydrogens is 371 g/mol. The van der Waals surface area contributed by atoms with Crippen LogP contribution < -0.4 is 15.0 Å². The molecule has 154 valence electrons. The normalized spacial score (nSPS) is 13.4. The summed E-state index contributed by atoms with van der Waals surface area (Å²) in [4.78, 5) is 26.5. The molecule has 1 fully saturated rings. The topological polar surface area (TPSA) is 58.6 Å². The lowest BCUT2D eigenvalue weighted by Crippen LogP contribution is -2.19. The van der Waals surface area contributed by atoms with Gasteiger partial charge in [0.05, 0.1) is 12.3 Å². The molecule has 0 unspecified atom stereocenters. The van der Waals surface area contributed by atoms with E-state index in [2.05, 4.69) is 5.32 Å². The number of amides is 1. The molecule has 29 heavy (non-hydrogen) atoms. The number of Topliss-reactive ketones (excluding diaryl/α,β-unsaturated/α-hetero) is 1. The number of hydrogen-bond acceptors (Lipinski definition) is 4.